The summed E-state index contributed by atoms with van der Waals surface area (Å²) in [7, 11) is 0. The summed E-state index contributed by atoms with van der Waals surface area (Å²) < 4.78 is 5.74. The third kappa shape index (κ3) is 3.92. The fraction of sp³-hybridized carbons (Fsp3) is 0.294. The molecule has 0 fully saturated rings. The number of pyridine rings is 2. The predicted molar refractivity (Wildman–Crippen MR) is 99.1 cm³/mol. The van der Waals surface area contributed by atoms with Crippen molar-refractivity contribution in [3.63, 3.8) is 0 Å². The molecule has 25 heavy (non-hydrogen) atoms. The Balaban J connectivity index is 1.91. The third-order valence-corrected chi connectivity index (χ3v) is 4.44. The van der Waals surface area contributed by atoms with Crippen LogP contribution in [0.5, 0.6) is 0 Å². The van der Waals surface area contributed by atoms with E-state index in [2.05, 4.69) is 25.6 Å². The van der Waals surface area contributed by atoms with E-state index < -0.39 is 0 Å². The van der Waals surface area contributed by atoms with Crippen molar-refractivity contribution in [1.29, 1.82) is 0 Å². The van der Waals surface area contributed by atoms with Gasteiger partial charge in [-0.2, -0.15) is 0 Å². The Morgan fingerprint density at radius 1 is 1.36 bits per heavy atom. The van der Waals surface area contributed by atoms with Crippen LogP contribution < -0.4 is 10.6 Å². The fourth-order valence-electron chi connectivity index (χ4n) is 2.57. The Morgan fingerprint density at radius 2 is 2.20 bits per heavy atom. The number of anilines is 2. The second kappa shape index (κ2) is 7.54. The lowest BCUT2D eigenvalue weighted by Gasteiger charge is -2.17. The van der Waals surface area contributed by atoms with Gasteiger partial charge in [0.05, 0.1) is 34.9 Å². The van der Waals surface area contributed by atoms with Gasteiger partial charge in [-0.1, -0.05) is 11.3 Å². The van der Waals surface area contributed by atoms with Crippen LogP contribution in [0.3, 0.4) is 0 Å². The smallest absolute Gasteiger partial charge is 0.323 e. The van der Waals surface area contributed by atoms with Crippen LogP contribution in [0.4, 0.5) is 16.2 Å². The van der Waals surface area contributed by atoms with Gasteiger partial charge in [-0.25, -0.2) is 14.8 Å². The molecular formula is C17H19N5O2S. The lowest BCUT2D eigenvalue weighted by molar-refractivity contribution is 0.0777. The zero-order chi connectivity index (χ0) is 17.8. The highest BCUT2D eigenvalue weighted by molar-refractivity contribution is 7.18. The average molecular weight is 357 g/mol. The molecule has 3 heterocycles. The number of carbonyl (C=O) groups is 1. The van der Waals surface area contributed by atoms with Crippen LogP contribution >= 0.6 is 11.3 Å². The van der Waals surface area contributed by atoms with Crippen molar-refractivity contribution >= 4 is 39.1 Å². The molecule has 0 radical (unpaired) electrons. The van der Waals surface area contributed by atoms with Gasteiger partial charge in [-0.15, -0.1) is 0 Å². The van der Waals surface area contributed by atoms with E-state index in [0.29, 0.717) is 18.0 Å². The first-order valence-corrected chi connectivity index (χ1v) is 8.75. The van der Waals surface area contributed by atoms with Crippen molar-refractivity contribution < 1.29 is 9.53 Å². The molecule has 0 saturated carbocycles. The number of aromatic nitrogens is 3. The Labute approximate surface area is 149 Å². The lowest BCUT2D eigenvalue weighted by atomic mass is 10.1. The minimum Gasteiger partial charge on any atom is -0.374 e. The minimum atomic E-state index is -0.369. The minimum absolute atomic E-state index is 0.217. The molecule has 3 aromatic heterocycles. The zero-order valence-electron chi connectivity index (χ0n) is 14.2. The third-order valence-electron chi connectivity index (χ3n) is 3.56. The number of carbonyl (C=O) groups excluding carboxylic acids is 1. The highest BCUT2D eigenvalue weighted by Crippen LogP contribution is 2.34. The second-order valence-corrected chi connectivity index (χ2v) is 6.57. The molecule has 0 spiro atoms. The topological polar surface area (TPSA) is 89.0 Å². The molecule has 0 aliphatic carbocycles. The molecule has 3 aromatic rings. The van der Waals surface area contributed by atoms with Crippen LogP contribution in [-0.2, 0) is 4.74 Å². The number of rotatable bonds is 5. The molecule has 1 unspecified atom stereocenters. The highest BCUT2D eigenvalue weighted by Gasteiger charge is 2.20. The molecular weight excluding hydrogens is 338 g/mol. The molecule has 0 aliphatic heterocycles. The van der Waals surface area contributed by atoms with Crippen LogP contribution in [0, 0.1) is 6.92 Å². The Morgan fingerprint density at radius 3 is 2.92 bits per heavy atom. The van der Waals surface area contributed by atoms with Crippen molar-refractivity contribution in [2.75, 3.05) is 17.2 Å². The van der Waals surface area contributed by atoms with Gasteiger partial charge in [0.25, 0.3) is 0 Å². The maximum atomic E-state index is 12.3. The quantitative estimate of drug-likeness (QED) is 0.716. The maximum Gasteiger partial charge on any atom is 0.323 e. The SMILES string of the molecule is CCOC(C)c1c(NC(=O)Nc2cccnc2)cnc2sc(C)nc12. The molecule has 2 amide bonds. The van der Waals surface area contributed by atoms with Crippen LogP contribution in [0.2, 0.25) is 0 Å². The van der Waals surface area contributed by atoms with Gasteiger partial charge in [0.1, 0.15) is 10.3 Å². The van der Waals surface area contributed by atoms with Crippen molar-refractivity contribution in [3.05, 3.63) is 41.3 Å². The first-order valence-electron chi connectivity index (χ1n) is 7.94. The number of fused-ring (bicyclic) bond motifs is 1. The van der Waals surface area contributed by atoms with E-state index in [9.17, 15) is 4.79 Å². The van der Waals surface area contributed by atoms with Crippen molar-refractivity contribution in [2.45, 2.75) is 26.9 Å². The number of hydrogen-bond donors (Lipinski definition) is 2. The molecule has 3 rings (SSSR count). The number of urea groups is 1. The number of ether oxygens (including phenoxy) is 1. The molecule has 8 heteroatoms. The summed E-state index contributed by atoms with van der Waals surface area (Å²) in [6.07, 6.45) is 4.65. The number of thiazole rings is 1. The van der Waals surface area contributed by atoms with E-state index in [1.165, 1.54) is 11.3 Å². The van der Waals surface area contributed by atoms with Gasteiger partial charge in [0, 0.05) is 18.4 Å². The van der Waals surface area contributed by atoms with Crippen LogP contribution in [-0.4, -0.2) is 27.6 Å². The number of aryl methyl sites for hydroxylation is 1. The van der Waals surface area contributed by atoms with E-state index in [4.69, 9.17) is 4.74 Å². The summed E-state index contributed by atoms with van der Waals surface area (Å²) in [6.45, 7) is 6.37. The largest absolute Gasteiger partial charge is 0.374 e. The average Bonchev–Trinajstić information content (AvgIpc) is 2.95. The first kappa shape index (κ1) is 17.2. The van der Waals surface area contributed by atoms with Crippen molar-refractivity contribution in [2.24, 2.45) is 0 Å². The highest BCUT2D eigenvalue weighted by atomic mass is 32.1. The fourth-order valence-corrected chi connectivity index (χ4v) is 3.34. The van der Waals surface area contributed by atoms with E-state index in [1.54, 1.807) is 30.7 Å². The van der Waals surface area contributed by atoms with Gasteiger partial charge < -0.3 is 15.4 Å². The summed E-state index contributed by atoms with van der Waals surface area (Å²) in [4.78, 5) is 26.1. The van der Waals surface area contributed by atoms with Gasteiger partial charge in [0.15, 0.2) is 0 Å². The molecule has 130 valence electrons. The van der Waals surface area contributed by atoms with E-state index in [0.717, 1.165) is 20.9 Å². The first-order chi connectivity index (χ1) is 12.1. The summed E-state index contributed by atoms with van der Waals surface area (Å²) in [6, 6.07) is 3.15. The number of hydrogen-bond acceptors (Lipinski definition) is 6. The van der Waals surface area contributed by atoms with Gasteiger partial charge in [-0.3, -0.25) is 4.98 Å². The molecule has 7 nitrogen and oxygen atoms in total. The normalized spacial score (nSPS) is 12.1. The standard InChI is InChI=1S/C17H19N5O2S/c1-4-24-10(2)14-13(9-19-16-15(14)20-11(3)25-16)22-17(23)21-12-6-5-7-18-8-12/h5-10H,4H2,1-3H3,(H2,21,22,23). The molecule has 1 atom stereocenters. The summed E-state index contributed by atoms with van der Waals surface area (Å²) >= 11 is 1.52. The van der Waals surface area contributed by atoms with Crippen LogP contribution in [0.15, 0.2) is 30.7 Å². The Bertz CT molecular complexity index is 881. The molecule has 2 N–H and O–H groups in total. The van der Waals surface area contributed by atoms with E-state index >= 15 is 0 Å². The number of nitrogens with zero attached hydrogens (tertiary/aromatic N) is 3. The number of amides is 2. The summed E-state index contributed by atoms with van der Waals surface area (Å²) in [5.74, 6) is 0. The van der Waals surface area contributed by atoms with E-state index in [-0.39, 0.29) is 12.1 Å². The predicted octanol–water partition coefficient (Wildman–Crippen LogP) is 4.14. The Hall–Kier alpha value is -2.58. The monoisotopic (exact) mass is 357 g/mol. The van der Waals surface area contributed by atoms with Crippen molar-refractivity contribution in [3.8, 4) is 0 Å². The maximum absolute atomic E-state index is 12.3. The second-order valence-electron chi connectivity index (χ2n) is 5.39. The Kier molecular flexibility index (Phi) is 5.20. The van der Waals surface area contributed by atoms with Gasteiger partial charge in [0.2, 0.25) is 0 Å². The molecule has 0 aromatic carbocycles. The molecule has 0 aliphatic rings. The summed E-state index contributed by atoms with van der Waals surface area (Å²) in [5, 5.41) is 6.51. The van der Waals surface area contributed by atoms with E-state index in [1.807, 2.05) is 20.8 Å². The molecule has 0 bridgehead atoms. The van der Waals surface area contributed by atoms with Crippen LogP contribution in [0.1, 0.15) is 30.5 Å². The summed E-state index contributed by atoms with van der Waals surface area (Å²) in [5.41, 5.74) is 2.79. The van der Waals surface area contributed by atoms with Crippen LogP contribution in [0.25, 0.3) is 10.3 Å². The van der Waals surface area contributed by atoms with Gasteiger partial charge in [-0.05, 0) is 32.9 Å². The number of nitrogens with one attached hydrogen (secondary N) is 2. The lowest BCUT2D eigenvalue weighted by Crippen LogP contribution is -2.21. The van der Waals surface area contributed by atoms with Crippen molar-refractivity contribution in [1.82, 2.24) is 15.0 Å². The zero-order valence-corrected chi connectivity index (χ0v) is 15.1. The van der Waals surface area contributed by atoms with Gasteiger partial charge >= 0.3 is 6.03 Å². The molecule has 0 saturated heterocycles.